The maximum Gasteiger partial charge on any atom is 0.341 e. The molecule has 330 valence electrons. The minimum atomic E-state index is -1.04. The van der Waals surface area contributed by atoms with Gasteiger partial charge < -0.3 is 54.3 Å². The summed E-state index contributed by atoms with van der Waals surface area (Å²) in [5, 5.41) is 27.7. The molecule has 0 heterocycles. The van der Waals surface area contributed by atoms with Gasteiger partial charge in [0.25, 0.3) is 0 Å². The van der Waals surface area contributed by atoms with E-state index in [0.717, 1.165) is 23.8 Å². The van der Waals surface area contributed by atoms with Gasteiger partial charge in [-0.3, -0.25) is 0 Å². The Kier molecular flexibility index (Phi) is 17.1. The SMILES string of the molecule is COc1ccc(C(O)c2ccc(OCC(=O)O)cc2)c(OC)c1.COc1ccc(C([15NH2])c2ccc(OCC(=O)O)cc2)c(OC)c1.O=CCCC1c2ccccc2-c2ccccc21.[2HH]. The second-order valence-electron chi connectivity index (χ2n) is 14.1. The molecule has 0 aromatic heterocycles. The molecule has 13 heteroatoms. The van der Waals surface area contributed by atoms with Crippen LogP contribution in [0.25, 0.3) is 11.1 Å². The van der Waals surface area contributed by atoms with Gasteiger partial charge in [0.1, 0.15) is 46.9 Å². The monoisotopic (exact) mass is 861 g/mol. The molecular formula is C50H53NO12. The highest BCUT2D eigenvalue weighted by molar-refractivity contribution is 5.79. The number of aliphatic hydroxyl groups excluding tert-OH is 1. The van der Waals surface area contributed by atoms with Gasteiger partial charge >= 0.3 is 11.9 Å². The van der Waals surface area contributed by atoms with Gasteiger partial charge in [0.2, 0.25) is 0 Å². The molecule has 0 fully saturated rings. The third kappa shape index (κ3) is 12.4. The van der Waals surface area contributed by atoms with Crippen molar-refractivity contribution in [3.05, 3.63) is 167 Å². The molecule has 7 rings (SSSR count). The van der Waals surface area contributed by atoms with Crippen molar-refractivity contribution in [1.29, 1.82) is 0 Å². The number of carbonyl (C=O) groups is 3. The van der Waals surface area contributed by atoms with Crippen LogP contribution >= 0.6 is 0 Å². The minimum absolute atomic E-state index is 0. The van der Waals surface area contributed by atoms with Crippen molar-refractivity contribution in [1.82, 2.24) is 0 Å². The van der Waals surface area contributed by atoms with E-state index in [2.05, 4.69) is 48.5 Å². The maximum atomic E-state index is 10.6. The molecule has 63 heavy (non-hydrogen) atoms. The molecule has 2 atom stereocenters. The Labute approximate surface area is 367 Å². The number of ether oxygens (including phenoxy) is 6. The van der Waals surface area contributed by atoms with Crippen molar-refractivity contribution in [2.45, 2.75) is 30.9 Å². The van der Waals surface area contributed by atoms with Crippen LogP contribution in [-0.4, -0.2) is 75.2 Å². The smallest absolute Gasteiger partial charge is 0.341 e. The molecule has 1 aliphatic carbocycles. The molecule has 13 nitrogen and oxygen atoms in total. The summed E-state index contributed by atoms with van der Waals surface area (Å²) < 4.78 is 31.1. The van der Waals surface area contributed by atoms with Gasteiger partial charge in [-0.1, -0.05) is 72.8 Å². The van der Waals surface area contributed by atoms with E-state index in [-0.39, 0.29) is 14.1 Å². The molecular weight excluding hydrogens is 808 g/mol. The van der Waals surface area contributed by atoms with Crippen LogP contribution in [0, 0.1) is 0 Å². The Balaban J connectivity index is 0.000000211. The second kappa shape index (κ2) is 23.0. The number of benzene rings is 6. The Morgan fingerprint density at radius 1 is 0.603 bits per heavy atom. The van der Waals surface area contributed by atoms with Gasteiger partial charge in [0, 0.05) is 37.0 Å². The van der Waals surface area contributed by atoms with E-state index < -0.39 is 24.6 Å². The first-order chi connectivity index (χ1) is 30.5. The first-order valence-electron chi connectivity index (χ1n) is 19.9. The van der Waals surface area contributed by atoms with Crippen molar-refractivity contribution in [2.75, 3.05) is 41.7 Å². The summed E-state index contributed by atoms with van der Waals surface area (Å²) in [5.41, 5.74) is 14.6. The summed E-state index contributed by atoms with van der Waals surface area (Å²) >= 11 is 0. The molecule has 5 N–H and O–H groups in total. The van der Waals surface area contributed by atoms with Crippen LogP contribution in [0.1, 0.15) is 65.7 Å². The summed E-state index contributed by atoms with van der Waals surface area (Å²) in [6.45, 7) is -0.786. The number of carbonyl (C=O) groups excluding carboxylic acids is 1. The zero-order chi connectivity index (χ0) is 45.3. The molecule has 0 amide bonds. The van der Waals surface area contributed by atoms with Crippen LogP contribution < -0.4 is 34.2 Å². The summed E-state index contributed by atoms with van der Waals surface area (Å²) in [5.74, 6) is 1.71. The number of carboxylic acids is 2. The molecule has 0 saturated carbocycles. The van der Waals surface area contributed by atoms with Crippen molar-refractivity contribution < 1.29 is 59.6 Å². The van der Waals surface area contributed by atoms with Gasteiger partial charge in [-0.15, -0.1) is 0 Å². The summed E-state index contributed by atoms with van der Waals surface area (Å²) in [4.78, 5) is 31.5. The highest BCUT2D eigenvalue weighted by atomic mass is 16.5. The largest absolute Gasteiger partial charge is 0.497 e. The van der Waals surface area contributed by atoms with Crippen LogP contribution in [0.5, 0.6) is 34.5 Å². The lowest BCUT2D eigenvalue weighted by molar-refractivity contribution is -0.140. The average molecular weight is 862 g/mol. The number of methoxy groups -OCH3 is 4. The van der Waals surface area contributed by atoms with Crippen molar-refractivity contribution >= 4 is 18.2 Å². The molecule has 0 aliphatic heterocycles. The fourth-order valence-electron chi connectivity index (χ4n) is 7.09. The lowest BCUT2D eigenvalue weighted by Gasteiger charge is -2.17. The summed E-state index contributed by atoms with van der Waals surface area (Å²) in [6.07, 6.45) is 1.68. The number of hydrogen-bond donors (Lipinski definition) is 4. The topological polar surface area (TPSA) is 193 Å². The van der Waals surface area contributed by atoms with Gasteiger partial charge in [0.05, 0.1) is 34.5 Å². The second-order valence-corrected chi connectivity index (χ2v) is 14.1. The van der Waals surface area contributed by atoms with Gasteiger partial charge in [-0.05, 0) is 88.3 Å². The molecule has 6 aromatic rings. The zero-order valence-electron chi connectivity index (χ0n) is 35.4. The van der Waals surface area contributed by atoms with Crippen molar-refractivity contribution in [3.63, 3.8) is 0 Å². The zero-order valence-corrected chi connectivity index (χ0v) is 35.4. The number of carboxylic acid groups (broad SMARTS) is 2. The Morgan fingerprint density at radius 2 is 1.03 bits per heavy atom. The number of fused-ring (bicyclic) bond motifs is 3. The van der Waals surface area contributed by atoms with E-state index in [0.29, 0.717) is 58.0 Å². The van der Waals surface area contributed by atoms with Crippen LogP contribution in [0.2, 0.25) is 0 Å². The van der Waals surface area contributed by atoms with E-state index in [1.807, 2.05) is 12.1 Å². The highest BCUT2D eigenvalue weighted by Crippen LogP contribution is 2.46. The fraction of sp³-hybridized carbons (Fsp3) is 0.220. The van der Waals surface area contributed by atoms with Crippen LogP contribution in [0.15, 0.2) is 133 Å². The van der Waals surface area contributed by atoms with Gasteiger partial charge in [-0.2, -0.15) is 0 Å². The van der Waals surface area contributed by atoms with Gasteiger partial charge in [-0.25, -0.2) is 9.59 Å². The summed E-state index contributed by atoms with van der Waals surface area (Å²) in [6, 6.07) is 40.8. The molecule has 2 unspecified atom stereocenters. The number of aldehydes is 1. The molecule has 0 radical (unpaired) electrons. The first kappa shape index (κ1) is 46.7. The van der Waals surface area contributed by atoms with E-state index in [9.17, 15) is 19.5 Å². The molecule has 0 spiro atoms. The normalized spacial score (nSPS) is 12.0. The van der Waals surface area contributed by atoms with Crippen LogP contribution in [-0.2, 0) is 14.4 Å². The van der Waals surface area contributed by atoms with Crippen LogP contribution in [0.4, 0.5) is 0 Å². The van der Waals surface area contributed by atoms with Crippen LogP contribution in [0.3, 0.4) is 0 Å². The van der Waals surface area contributed by atoms with E-state index in [4.69, 9.17) is 44.4 Å². The number of aliphatic hydroxyl groups is 1. The number of aliphatic carboxylic acids is 2. The van der Waals surface area contributed by atoms with E-state index in [1.54, 1.807) is 94.1 Å². The maximum absolute atomic E-state index is 10.6. The predicted octanol–water partition coefficient (Wildman–Crippen LogP) is 8.49. The molecule has 0 bridgehead atoms. The predicted molar refractivity (Wildman–Crippen MR) is 239 cm³/mol. The molecule has 0 saturated heterocycles. The van der Waals surface area contributed by atoms with Crippen molar-refractivity contribution in [3.8, 4) is 45.6 Å². The fourth-order valence-corrected chi connectivity index (χ4v) is 7.09. The standard InChI is InChI=1S/C17H19NO5.C17H18O6.C16H14O.H2/c1-21-13-7-8-14(15(9-13)22-2)17(18)11-3-5-12(6-4-11)23-10-16(19)20;1-21-13-7-8-14(15(9-13)22-2)17(20)11-3-5-12(6-4-11)23-10-16(18)19;17-11-5-10-16-14-8-3-1-6-12(14)13-7-2-4-9-15(13)16;/h3-9,17H,10,18H2,1-2H3,(H,19,20);3-9,17,20H,10H2,1-2H3,(H,18,19);1-4,6-9,11,16H,5,10H2;1H/i18+1;;;1+1. The molecule has 6 aromatic carbocycles. The third-order valence-electron chi connectivity index (χ3n) is 10.2. The van der Waals surface area contributed by atoms with E-state index in [1.165, 1.54) is 29.4 Å². The Bertz CT molecular complexity index is 2280. The Hall–Kier alpha value is -7.35. The lowest BCUT2D eigenvalue weighted by atomic mass is 9.92. The summed E-state index contributed by atoms with van der Waals surface area (Å²) in [7, 11) is 6.24. The first-order valence-corrected chi connectivity index (χ1v) is 19.9. The third-order valence-corrected chi connectivity index (χ3v) is 10.2. The average Bonchev–Trinajstić information content (AvgIpc) is 3.64. The lowest BCUT2D eigenvalue weighted by Crippen LogP contribution is -2.13. The quantitative estimate of drug-likeness (QED) is 0.0504. The number of nitrogens with two attached hydrogens (primary N) is 1. The number of rotatable bonds is 17. The minimum Gasteiger partial charge on any atom is -0.497 e. The highest BCUT2D eigenvalue weighted by Gasteiger charge is 2.27. The molecule has 1 aliphatic rings. The van der Waals surface area contributed by atoms with Gasteiger partial charge in [0.15, 0.2) is 13.2 Å². The van der Waals surface area contributed by atoms with Crippen molar-refractivity contribution in [2.24, 2.45) is 5.73 Å². The van der Waals surface area contributed by atoms with E-state index >= 15 is 0 Å². The Morgan fingerprint density at radius 3 is 1.48 bits per heavy atom. The number of hydrogen-bond acceptors (Lipinski definition) is 11.